The third kappa shape index (κ3) is 7.92. The fourth-order valence-corrected chi connectivity index (χ4v) is 3.41. The van der Waals surface area contributed by atoms with E-state index in [1.807, 2.05) is 56.3 Å². The molecule has 3 aromatic rings. The average Bonchev–Trinajstić information content (AvgIpc) is 3.14. The Bertz CT molecular complexity index is 1050. The predicted octanol–water partition coefficient (Wildman–Crippen LogP) is 3.23. The highest BCUT2D eigenvalue weighted by Gasteiger charge is 2.07. The molecule has 0 atom stereocenters. The number of nitrogens with one attached hydrogen (secondary N) is 3. The van der Waals surface area contributed by atoms with E-state index in [0.29, 0.717) is 12.5 Å². The minimum Gasteiger partial charge on any atom is -0.497 e. The van der Waals surface area contributed by atoms with E-state index in [-0.39, 0.29) is 36.4 Å². The number of amides is 1. The first-order chi connectivity index (χ1) is 15.6. The minimum atomic E-state index is -0.126. The second-order valence-electron chi connectivity index (χ2n) is 7.40. The van der Waals surface area contributed by atoms with E-state index in [1.54, 1.807) is 7.11 Å². The standard InChI is InChI=1S/C24H32N6O2.HI/c1-4-25-24(28-17-23(31)27-16-19-10-12-20(32-3)13-11-19)26-14-7-15-30-18(2)29-21-8-5-6-9-22(21)30;/h5-6,8-13H,4,7,14-17H2,1-3H3,(H,27,31)(H2,25,26,28);1H. The topological polar surface area (TPSA) is 92.6 Å². The highest BCUT2D eigenvalue weighted by Crippen LogP contribution is 2.15. The van der Waals surface area contributed by atoms with Crippen LogP contribution >= 0.6 is 24.0 Å². The van der Waals surface area contributed by atoms with Gasteiger partial charge >= 0.3 is 0 Å². The number of benzene rings is 2. The SMILES string of the molecule is CCNC(=NCC(=O)NCc1ccc(OC)cc1)NCCCn1c(C)nc2ccccc21.I. The molecule has 3 N–H and O–H groups in total. The summed E-state index contributed by atoms with van der Waals surface area (Å²) < 4.78 is 7.37. The van der Waals surface area contributed by atoms with Crippen molar-refractivity contribution in [3.8, 4) is 5.75 Å². The van der Waals surface area contributed by atoms with Crippen LogP contribution in [-0.2, 0) is 17.9 Å². The summed E-state index contributed by atoms with van der Waals surface area (Å²) in [6.07, 6.45) is 0.912. The van der Waals surface area contributed by atoms with Crippen LogP contribution in [0.3, 0.4) is 0 Å². The van der Waals surface area contributed by atoms with Crippen molar-refractivity contribution in [2.45, 2.75) is 33.4 Å². The summed E-state index contributed by atoms with van der Waals surface area (Å²) in [5.41, 5.74) is 3.18. The van der Waals surface area contributed by atoms with Crippen LogP contribution in [0, 0.1) is 6.92 Å². The molecule has 33 heavy (non-hydrogen) atoms. The monoisotopic (exact) mass is 564 g/mol. The third-order valence-corrected chi connectivity index (χ3v) is 5.07. The number of halogens is 1. The van der Waals surface area contributed by atoms with E-state index in [0.717, 1.165) is 54.2 Å². The molecule has 0 unspecified atom stereocenters. The van der Waals surface area contributed by atoms with Gasteiger partial charge in [-0.25, -0.2) is 9.98 Å². The Labute approximate surface area is 212 Å². The molecule has 0 aliphatic rings. The highest BCUT2D eigenvalue weighted by molar-refractivity contribution is 14.0. The molecule has 2 aromatic carbocycles. The smallest absolute Gasteiger partial charge is 0.242 e. The number of aryl methyl sites for hydroxylation is 2. The number of ether oxygens (including phenoxy) is 1. The number of methoxy groups -OCH3 is 1. The van der Waals surface area contributed by atoms with Gasteiger partial charge in [0, 0.05) is 26.2 Å². The number of aromatic nitrogens is 2. The van der Waals surface area contributed by atoms with Crippen LogP contribution in [0.15, 0.2) is 53.5 Å². The number of imidazole rings is 1. The van der Waals surface area contributed by atoms with Crippen molar-refractivity contribution in [2.75, 3.05) is 26.7 Å². The van der Waals surface area contributed by atoms with E-state index >= 15 is 0 Å². The van der Waals surface area contributed by atoms with Gasteiger partial charge in [-0.15, -0.1) is 24.0 Å². The van der Waals surface area contributed by atoms with Crippen LogP contribution in [-0.4, -0.2) is 48.2 Å². The maximum atomic E-state index is 12.2. The van der Waals surface area contributed by atoms with Crippen LogP contribution in [0.5, 0.6) is 5.75 Å². The maximum Gasteiger partial charge on any atom is 0.242 e. The summed E-state index contributed by atoms with van der Waals surface area (Å²) in [5, 5.41) is 9.38. The molecule has 1 amide bonds. The van der Waals surface area contributed by atoms with Gasteiger partial charge in [-0.05, 0) is 50.1 Å². The summed E-state index contributed by atoms with van der Waals surface area (Å²) in [6.45, 7) is 6.89. The van der Waals surface area contributed by atoms with Crippen molar-refractivity contribution >= 4 is 46.9 Å². The van der Waals surface area contributed by atoms with Gasteiger partial charge in [0.05, 0.1) is 18.1 Å². The molecule has 0 aliphatic heterocycles. The van der Waals surface area contributed by atoms with Crippen molar-refractivity contribution in [1.82, 2.24) is 25.5 Å². The molecule has 1 aromatic heterocycles. The molecule has 0 bridgehead atoms. The van der Waals surface area contributed by atoms with E-state index in [4.69, 9.17) is 4.74 Å². The fourth-order valence-electron chi connectivity index (χ4n) is 3.41. The number of rotatable bonds is 10. The van der Waals surface area contributed by atoms with E-state index in [1.165, 1.54) is 0 Å². The highest BCUT2D eigenvalue weighted by atomic mass is 127. The van der Waals surface area contributed by atoms with Crippen molar-refractivity contribution in [1.29, 1.82) is 0 Å². The van der Waals surface area contributed by atoms with Gasteiger partial charge in [-0.1, -0.05) is 24.3 Å². The first-order valence-corrected chi connectivity index (χ1v) is 10.9. The summed E-state index contributed by atoms with van der Waals surface area (Å²) in [6, 6.07) is 15.8. The Hall–Kier alpha value is -2.82. The van der Waals surface area contributed by atoms with Crippen LogP contribution in [0.2, 0.25) is 0 Å². The molecule has 178 valence electrons. The molecule has 1 heterocycles. The quantitative estimate of drug-likeness (QED) is 0.152. The minimum absolute atomic E-state index is 0. The van der Waals surface area contributed by atoms with Crippen molar-refractivity contribution in [3.63, 3.8) is 0 Å². The van der Waals surface area contributed by atoms with Gasteiger partial charge < -0.3 is 25.3 Å². The average molecular weight is 564 g/mol. The summed E-state index contributed by atoms with van der Waals surface area (Å²) >= 11 is 0. The number of nitrogens with zero attached hydrogens (tertiary/aromatic N) is 3. The molecular weight excluding hydrogens is 531 g/mol. The summed E-state index contributed by atoms with van der Waals surface area (Å²) in [7, 11) is 1.63. The van der Waals surface area contributed by atoms with E-state index in [2.05, 4.69) is 36.6 Å². The molecular formula is C24H33IN6O2. The van der Waals surface area contributed by atoms with Gasteiger partial charge in [0.25, 0.3) is 0 Å². The van der Waals surface area contributed by atoms with Crippen molar-refractivity contribution < 1.29 is 9.53 Å². The van der Waals surface area contributed by atoms with E-state index < -0.39 is 0 Å². The lowest BCUT2D eigenvalue weighted by Gasteiger charge is -2.12. The molecule has 0 saturated carbocycles. The second-order valence-corrected chi connectivity index (χ2v) is 7.40. The van der Waals surface area contributed by atoms with Crippen LogP contribution in [0.4, 0.5) is 0 Å². The molecule has 0 fully saturated rings. The van der Waals surface area contributed by atoms with Gasteiger partial charge in [0.1, 0.15) is 18.1 Å². The van der Waals surface area contributed by atoms with Crippen molar-refractivity contribution in [3.05, 3.63) is 59.9 Å². The normalized spacial score (nSPS) is 11.1. The fraction of sp³-hybridized carbons (Fsp3) is 0.375. The number of aliphatic imine (C=N–C) groups is 1. The zero-order valence-corrected chi connectivity index (χ0v) is 21.8. The Morgan fingerprint density at radius 2 is 1.85 bits per heavy atom. The first kappa shape index (κ1) is 26.4. The zero-order chi connectivity index (χ0) is 22.8. The maximum absolute atomic E-state index is 12.2. The zero-order valence-electron chi connectivity index (χ0n) is 19.4. The molecule has 9 heteroatoms. The number of guanidine groups is 1. The Kier molecular flexibility index (Phi) is 10.9. The van der Waals surface area contributed by atoms with Crippen LogP contribution in [0.1, 0.15) is 24.7 Å². The number of carbonyl (C=O) groups excluding carboxylic acids is 1. The number of hydrogen-bond acceptors (Lipinski definition) is 4. The lowest BCUT2D eigenvalue weighted by atomic mass is 10.2. The number of para-hydroxylation sites is 2. The second kappa shape index (κ2) is 13.7. The van der Waals surface area contributed by atoms with E-state index in [9.17, 15) is 4.79 Å². The number of carbonyl (C=O) groups is 1. The van der Waals surface area contributed by atoms with Gasteiger partial charge in [0.15, 0.2) is 5.96 Å². The third-order valence-electron chi connectivity index (χ3n) is 5.07. The molecule has 3 rings (SSSR count). The van der Waals surface area contributed by atoms with Crippen LogP contribution < -0.4 is 20.7 Å². The molecule has 0 aliphatic carbocycles. The Morgan fingerprint density at radius 1 is 1.09 bits per heavy atom. The summed E-state index contributed by atoms with van der Waals surface area (Å²) in [4.78, 5) is 21.2. The molecule has 0 spiro atoms. The molecule has 0 radical (unpaired) electrons. The lowest BCUT2D eigenvalue weighted by molar-refractivity contribution is -0.119. The predicted molar refractivity (Wildman–Crippen MR) is 143 cm³/mol. The molecule has 8 nitrogen and oxygen atoms in total. The van der Waals surface area contributed by atoms with Gasteiger partial charge in [-0.2, -0.15) is 0 Å². The Morgan fingerprint density at radius 3 is 2.58 bits per heavy atom. The van der Waals surface area contributed by atoms with Crippen molar-refractivity contribution in [2.24, 2.45) is 4.99 Å². The lowest BCUT2D eigenvalue weighted by Crippen LogP contribution is -2.39. The number of fused-ring (bicyclic) bond motifs is 1. The summed E-state index contributed by atoms with van der Waals surface area (Å²) in [5.74, 6) is 2.32. The number of hydrogen-bond donors (Lipinski definition) is 3. The Balaban J connectivity index is 0.00000385. The van der Waals surface area contributed by atoms with Gasteiger partial charge in [0.2, 0.25) is 5.91 Å². The van der Waals surface area contributed by atoms with Gasteiger partial charge in [-0.3, -0.25) is 4.79 Å². The largest absolute Gasteiger partial charge is 0.497 e. The van der Waals surface area contributed by atoms with Crippen LogP contribution in [0.25, 0.3) is 11.0 Å². The molecule has 0 saturated heterocycles. The first-order valence-electron chi connectivity index (χ1n) is 10.9.